The van der Waals surface area contributed by atoms with Crippen molar-refractivity contribution in [3.05, 3.63) is 34.9 Å². The van der Waals surface area contributed by atoms with E-state index in [2.05, 4.69) is 4.90 Å². The van der Waals surface area contributed by atoms with Crippen molar-refractivity contribution in [1.29, 1.82) is 0 Å². The zero-order valence-electron chi connectivity index (χ0n) is 17.9. The summed E-state index contributed by atoms with van der Waals surface area (Å²) in [5.41, 5.74) is 7.52. The van der Waals surface area contributed by atoms with Crippen molar-refractivity contribution in [3.63, 3.8) is 0 Å². The normalized spacial score (nSPS) is 20.8. The first-order valence-electron chi connectivity index (χ1n) is 11.0. The molecule has 1 saturated carbocycles. The van der Waals surface area contributed by atoms with Gasteiger partial charge in [-0.1, -0.05) is 63.8 Å². The number of hydrogen-bond acceptors (Lipinski definition) is 3. The molecule has 0 bridgehead atoms. The molecule has 1 aliphatic carbocycles. The maximum absolute atomic E-state index is 12.9. The first-order chi connectivity index (χ1) is 13.5. The Morgan fingerprint density at radius 2 is 1.64 bits per heavy atom. The lowest BCUT2D eigenvalue weighted by atomic mass is 9.80. The van der Waals surface area contributed by atoms with E-state index in [1.54, 1.807) is 0 Å². The van der Waals surface area contributed by atoms with Gasteiger partial charge in [-0.3, -0.25) is 9.69 Å². The number of rotatable bonds is 5. The van der Waals surface area contributed by atoms with Crippen molar-refractivity contribution in [2.75, 3.05) is 32.7 Å². The molecule has 2 fully saturated rings. The Hall–Kier alpha value is -1.10. The van der Waals surface area contributed by atoms with Gasteiger partial charge in [-0.25, -0.2) is 0 Å². The molecule has 28 heavy (non-hydrogen) atoms. The van der Waals surface area contributed by atoms with E-state index < -0.39 is 0 Å². The van der Waals surface area contributed by atoms with Crippen LogP contribution in [0.1, 0.15) is 58.4 Å². The highest BCUT2D eigenvalue weighted by Gasteiger charge is 2.38. The number of nitrogens with two attached hydrogens (primary N) is 1. The van der Waals surface area contributed by atoms with Crippen LogP contribution < -0.4 is 5.73 Å². The highest BCUT2D eigenvalue weighted by molar-refractivity contribution is 6.30. The van der Waals surface area contributed by atoms with Crippen molar-refractivity contribution in [1.82, 2.24) is 9.80 Å². The standard InChI is InChI=1S/C21H32ClN3O.C2H6/c1-17(15-18-5-7-19(22)8-6-18)20(26)24-11-13-25(14-12-24)21(16-23)9-3-2-4-10-21;1-2/h5-8,17H,2-4,9-16,23H2,1H3;1-2H3. The number of piperazine rings is 1. The van der Waals surface area contributed by atoms with E-state index in [0.29, 0.717) is 0 Å². The summed E-state index contributed by atoms with van der Waals surface area (Å²) in [6.45, 7) is 10.3. The Kier molecular flexibility index (Phi) is 9.26. The van der Waals surface area contributed by atoms with Crippen LogP contribution in [0.15, 0.2) is 24.3 Å². The smallest absolute Gasteiger partial charge is 0.225 e. The number of benzene rings is 1. The summed E-state index contributed by atoms with van der Waals surface area (Å²) in [4.78, 5) is 17.5. The predicted molar refractivity (Wildman–Crippen MR) is 119 cm³/mol. The number of halogens is 1. The van der Waals surface area contributed by atoms with Gasteiger partial charge in [0.2, 0.25) is 5.91 Å². The van der Waals surface area contributed by atoms with Crippen molar-refractivity contribution >= 4 is 17.5 Å². The molecule has 1 aromatic rings. The maximum atomic E-state index is 12.9. The number of amides is 1. The molecule has 1 atom stereocenters. The van der Waals surface area contributed by atoms with Gasteiger partial charge in [0.15, 0.2) is 0 Å². The van der Waals surface area contributed by atoms with Gasteiger partial charge in [0.1, 0.15) is 0 Å². The Morgan fingerprint density at radius 3 is 2.18 bits per heavy atom. The molecule has 1 amide bonds. The third-order valence-corrected chi connectivity index (χ3v) is 6.56. The fourth-order valence-electron chi connectivity index (χ4n) is 4.63. The first kappa shape index (κ1) is 23.2. The number of carbonyl (C=O) groups is 1. The van der Waals surface area contributed by atoms with Crippen molar-refractivity contribution < 1.29 is 4.79 Å². The highest BCUT2D eigenvalue weighted by atomic mass is 35.5. The molecular weight excluding hydrogens is 370 g/mol. The van der Waals surface area contributed by atoms with Crippen LogP contribution in [0.3, 0.4) is 0 Å². The topological polar surface area (TPSA) is 49.6 Å². The van der Waals surface area contributed by atoms with Crippen molar-refractivity contribution in [2.24, 2.45) is 11.7 Å². The first-order valence-corrected chi connectivity index (χ1v) is 11.4. The Morgan fingerprint density at radius 1 is 1.07 bits per heavy atom. The fraction of sp³-hybridized carbons (Fsp3) is 0.696. The van der Waals surface area contributed by atoms with Gasteiger partial charge in [0, 0.05) is 49.2 Å². The summed E-state index contributed by atoms with van der Waals surface area (Å²) in [6, 6.07) is 7.81. The van der Waals surface area contributed by atoms with E-state index >= 15 is 0 Å². The lowest BCUT2D eigenvalue weighted by Crippen LogP contribution is -2.61. The second-order valence-electron chi connectivity index (χ2n) is 8.03. The summed E-state index contributed by atoms with van der Waals surface area (Å²) < 4.78 is 0. The van der Waals surface area contributed by atoms with E-state index in [-0.39, 0.29) is 17.4 Å². The van der Waals surface area contributed by atoms with Gasteiger partial charge < -0.3 is 10.6 Å². The molecule has 0 spiro atoms. The number of hydrogen-bond donors (Lipinski definition) is 1. The quantitative estimate of drug-likeness (QED) is 0.789. The van der Waals surface area contributed by atoms with Crippen molar-refractivity contribution in [2.45, 2.75) is 64.8 Å². The predicted octanol–water partition coefficient (Wildman–Crippen LogP) is 4.35. The maximum Gasteiger partial charge on any atom is 0.225 e. The van der Waals surface area contributed by atoms with Gasteiger partial charge in [0.05, 0.1) is 0 Å². The van der Waals surface area contributed by atoms with Crippen LogP contribution in [-0.4, -0.2) is 54.0 Å². The minimum atomic E-state index is 0.000810. The van der Waals surface area contributed by atoms with E-state index in [9.17, 15) is 4.79 Å². The van der Waals surface area contributed by atoms with Gasteiger partial charge in [0.25, 0.3) is 0 Å². The zero-order chi connectivity index (χ0) is 20.6. The fourth-order valence-corrected chi connectivity index (χ4v) is 4.76. The van der Waals surface area contributed by atoms with Crippen LogP contribution in [0, 0.1) is 5.92 Å². The van der Waals surface area contributed by atoms with E-state index in [4.69, 9.17) is 17.3 Å². The molecule has 1 unspecified atom stereocenters. The average Bonchev–Trinajstić information content (AvgIpc) is 2.76. The summed E-state index contributed by atoms with van der Waals surface area (Å²) in [5.74, 6) is 0.269. The zero-order valence-corrected chi connectivity index (χ0v) is 18.7. The summed E-state index contributed by atoms with van der Waals surface area (Å²) in [5, 5.41) is 0.736. The molecule has 4 nitrogen and oxygen atoms in total. The van der Waals surface area contributed by atoms with Gasteiger partial charge in [-0.2, -0.15) is 0 Å². The molecule has 2 aliphatic rings. The molecule has 5 heteroatoms. The molecule has 0 radical (unpaired) electrons. The molecule has 0 aromatic heterocycles. The highest BCUT2D eigenvalue weighted by Crippen LogP contribution is 2.33. The van der Waals surface area contributed by atoms with Crippen LogP contribution in [0.4, 0.5) is 0 Å². The van der Waals surface area contributed by atoms with Gasteiger partial charge >= 0.3 is 0 Å². The minimum absolute atomic E-state index is 0.000810. The van der Waals surface area contributed by atoms with Gasteiger partial charge in [-0.05, 0) is 37.0 Å². The number of nitrogens with zero attached hydrogens (tertiary/aromatic N) is 2. The Bertz CT molecular complexity index is 590. The molecule has 1 aliphatic heterocycles. The minimum Gasteiger partial charge on any atom is -0.340 e. The molecular formula is C23H38ClN3O. The van der Waals surface area contributed by atoms with Crippen LogP contribution in [0.5, 0.6) is 0 Å². The molecule has 2 N–H and O–H groups in total. The van der Waals surface area contributed by atoms with Crippen LogP contribution >= 0.6 is 11.6 Å². The molecule has 1 heterocycles. The summed E-state index contributed by atoms with van der Waals surface area (Å²) in [6.07, 6.45) is 7.10. The lowest BCUT2D eigenvalue weighted by molar-refractivity contribution is -0.138. The van der Waals surface area contributed by atoms with E-state index in [0.717, 1.165) is 49.7 Å². The summed E-state index contributed by atoms with van der Waals surface area (Å²) >= 11 is 5.94. The SMILES string of the molecule is CC.CC(Cc1ccc(Cl)cc1)C(=O)N1CCN(C2(CN)CCCCC2)CC1. The molecule has 1 saturated heterocycles. The van der Waals surface area contributed by atoms with Crippen molar-refractivity contribution in [3.8, 4) is 0 Å². The number of carbonyl (C=O) groups excluding carboxylic acids is 1. The molecule has 1 aromatic carbocycles. The second-order valence-corrected chi connectivity index (χ2v) is 8.47. The Balaban J connectivity index is 0.00000136. The third-order valence-electron chi connectivity index (χ3n) is 6.30. The average molecular weight is 408 g/mol. The monoisotopic (exact) mass is 407 g/mol. The summed E-state index contributed by atoms with van der Waals surface area (Å²) in [7, 11) is 0. The molecule has 158 valence electrons. The Labute approximate surface area is 176 Å². The molecule has 3 rings (SSSR count). The second kappa shape index (κ2) is 11.2. The lowest BCUT2D eigenvalue weighted by Gasteiger charge is -2.49. The van der Waals surface area contributed by atoms with E-state index in [1.807, 2.05) is 49.9 Å². The van der Waals surface area contributed by atoms with Crippen LogP contribution in [-0.2, 0) is 11.2 Å². The van der Waals surface area contributed by atoms with Gasteiger partial charge in [-0.15, -0.1) is 0 Å². The van der Waals surface area contributed by atoms with E-state index in [1.165, 1.54) is 32.1 Å². The van der Waals surface area contributed by atoms with Crippen LogP contribution in [0.2, 0.25) is 5.02 Å². The largest absolute Gasteiger partial charge is 0.340 e. The van der Waals surface area contributed by atoms with Crippen LogP contribution in [0.25, 0.3) is 0 Å². The third kappa shape index (κ3) is 5.71.